The molecule has 0 aromatic heterocycles. The molecule has 0 saturated carbocycles. The predicted octanol–water partition coefficient (Wildman–Crippen LogP) is -0.0270. The molecule has 0 saturated heterocycles. The lowest BCUT2D eigenvalue weighted by Gasteiger charge is -1.99. The average Bonchev–Trinajstić information content (AvgIpc) is 2.14. The quantitative estimate of drug-likeness (QED) is 0.439. The summed E-state index contributed by atoms with van der Waals surface area (Å²) < 4.78 is 4.78. The van der Waals surface area contributed by atoms with Crippen LogP contribution in [0, 0.1) is 6.42 Å². The first-order valence-electron chi connectivity index (χ1n) is 2.40. The largest absolute Gasteiger partial charge is 0.483 e. The van der Waals surface area contributed by atoms with Gasteiger partial charge < -0.3 is 4.74 Å². The first-order valence-corrected chi connectivity index (χ1v) is 2.40. The predicted molar refractivity (Wildman–Crippen MR) is 30.3 cm³/mol. The Morgan fingerprint density at radius 1 is 1.88 bits per heavy atom. The second-order valence-electron chi connectivity index (χ2n) is 1.60. The minimum atomic E-state index is 0.590. The molecule has 1 rings (SSSR count). The van der Waals surface area contributed by atoms with Crippen molar-refractivity contribution in [3.05, 3.63) is 6.42 Å². The van der Waals surface area contributed by atoms with Crippen LogP contribution in [0.4, 0.5) is 0 Å². The molecule has 0 atom stereocenters. The van der Waals surface area contributed by atoms with Crippen molar-refractivity contribution < 1.29 is 4.74 Å². The number of hydrogen-bond acceptors (Lipinski definition) is 3. The van der Waals surface area contributed by atoms with Gasteiger partial charge in [0.2, 0.25) is 5.90 Å². The molecule has 0 unspecified atom stereocenters. The van der Waals surface area contributed by atoms with E-state index in [4.69, 9.17) is 4.74 Å². The summed E-state index contributed by atoms with van der Waals surface area (Å²) >= 11 is 0. The highest BCUT2D eigenvalue weighted by atomic mass is 16.5. The van der Waals surface area contributed by atoms with E-state index in [-0.39, 0.29) is 0 Å². The zero-order valence-corrected chi connectivity index (χ0v) is 5.01. The third-order valence-electron chi connectivity index (χ3n) is 0.914. The first kappa shape index (κ1) is 5.41. The average molecular weight is 112 g/mol. The van der Waals surface area contributed by atoms with E-state index < -0.39 is 0 Å². The Balaban J connectivity index is 2.44. The van der Waals surface area contributed by atoms with Gasteiger partial charge in [-0.05, 0) is 0 Å². The lowest BCUT2D eigenvalue weighted by molar-refractivity contribution is 0.378. The van der Waals surface area contributed by atoms with Crippen molar-refractivity contribution in [1.82, 2.24) is 5.01 Å². The zero-order valence-electron chi connectivity index (χ0n) is 5.01. The fourth-order valence-corrected chi connectivity index (χ4v) is 0.521. The number of nitrogens with zero attached hydrogens (tertiary/aromatic N) is 2. The molecule has 1 aliphatic rings. The molecule has 0 fully saturated rings. The molecular weight excluding hydrogens is 104 g/mol. The third kappa shape index (κ3) is 0.911. The first-order chi connectivity index (χ1) is 3.83. The van der Waals surface area contributed by atoms with Gasteiger partial charge in [-0.2, -0.15) is 0 Å². The fourth-order valence-electron chi connectivity index (χ4n) is 0.521. The minimum absolute atomic E-state index is 0.590. The van der Waals surface area contributed by atoms with Gasteiger partial charge in [0.25, 0.3) is 0 Å². The molecule has 8 heavy (non-hydrogen) atoms. The van der Waals surface area contributed by atoms with Crippen molar-refractivity contribution in [2.45, 2.75) is 0 Å². The summed E-state index contributed by atoms with van der Waals surface area (Å²) in [5.41, 5.74) is 0. The Bertz CT molecular complexity index is 111. The topological polar surface area (TPSA) is 24.8 Å². The van der Waals surface area contributed by atoms with Crippen LogP contribution in [0.5, 0.6) is 0 Å². The molecule has 3 heteroatoms. The fraction of sp³-hybridized carbons (Fsp3) is 0.600. The maximum Gasteiger partial charge on any atom is 0.216 e. The van der Waals surface area contributed by atoms with E-state index in [0.717, 1.165) is 6.54 Å². The highest BCUT2D eigenvalue weighted by Gasteiger charge is 2.10. The minimum Gasteiger partial charge on any atom is -0.483 e. The van der Waals surface area contributed by atoms with E-state index in [9.17, 15) is 0 Å². The molecule has 0 amide bonds. The van der Waals surface area contributed by atoms with Gasteiger partial charge in [0.15, 0.2) is 0 Å². The summed E-state index contributed by atoms with van der Waals surface area (Å²) in [4.78, 5) is 0. The standard InChI is InChI=1S/C5H8N2O/c1-7-4-3-5(6-7)8-2/h4H2,1-2H3. The van der Waals surface area contributed by atoms with Crippen molar-refractivity contribution in [2.75, 3.05) is 20.7 Å². The van der Waals surface area contributed by atoms with Crippen molar-refractivity contribution in [3.8, 4) is 0 Å². The molecule has 1 heterocycles. The van der Waals surface area contributed by atoms with Gasteiger partial charge in [0.05, 0.1) is 13.7 Å². The summed E-state index contributed by atoms with van der Waals surface area (Å²) in [6.45, 7) is 0.739. The molecule has 2 radical (unpaired) electrons. The Kier molecular flexibility index (Phi) is 1.37. The molecule has 0 aromatic rings. The highest BCUT2D eigenvalue weighted by Crippen LogP contribution is 2.00. The molecule has 1 aliphatic heterocycles. The third-order valence-corrected chi connectivity index (χ3v) is 0.914. The van der Waals surface area contributed by atoms with Gasteiger partial charge in [0, 0.05) is 7.05 Å². The Morgan fingerprint density at radius 2 is 2.62 bits per heavy atom. The summed E-state index contributed by atoms with van der Waals surface area (Å²) in [6, 6.07) is 0. The lowest BCUT2D eigenvalue weighted by atomic mass is 10.4. The van der Waals surface area contributed by atoms with Crippen LogP contribution in [0.25, 0.3) is 0 Å². The van der Waals surface area contributed by atoms with Gasteiger partial charge >= 0.3 is 0 Å². The molecule has 0 N–H and O–H groups in total. The van der Waals surface area contributed by atoms with E-state index >= 15 is 0 Å². The molecule has 0 spiro atoms. The van der Waals surface area contributed by atoms with Crippen molar-refractivity contribution >= 4 is 5.90 Å². The Morgan fingerprint density at radius 3 is 2.88 bits per heavy atom. The van der Waals surface area contributed by atoms with Gasteiger partial charge in [-0.3, -0.25) is 5.01 Å². The lowest BCUT2D eigenvalue weighted by Crippen LogP contribution is -2.04. The van der Waals surface area contributed by atoms with E-state index in [0.29, 0.717) is 5.90 Å². The number of ether oxygens (including phenoxy) is 1. The smallest absolute Gasteiger partial charge is 0.216 e. The summed E-state index contributed by atoms with van der Waals surface area (Å²) in [7, 11) is 3.46. The molecule has 0 bridgehead atoms. The van der Waals surface area contributed by atoms with Crippen LogP contribution in [0.15, 0.2) is 5.10 Å². The second kappa shape index (κ2) is 2.03. The summed E-state index contributed by atoms with van der Waals surface area (Å²) in [5, 5.41) is 5.69. The molecule has 44 valence electrons. The van der Waals surface area contributed by atoms with Crippen LogP contribution in [-0.2, 0) is 4.74 Å². The SMILES string of the molecule is COC1=NN(C)C[C]1. The zero-order chi connectivity index (χ0) is 5.98. The van der Waals surface area contributed by atoms with Crippen molar-refractivity contribution in [2.24, 2.45) is 5.10 Å². The van der Waals surface area contributed by atoms with Gasteiger partial charge in [-0.1, -0.05) is 0 Å². The Hall–Kier alpha value is -0.730. The number of methoxy groups -OCH3 is 1. The normalized spacial score (nSPS) is 18.8. The van der Waals surface area contributed by atoms with E-state index in [2.05, 4.69) is 11.5 Å². The van der Waals surface area contributed by atoms with Crippen LogP contribution in [0.1, 0.15) is 0 Å². The molecule has 0 aliphatic carbocycles. The highest BCUT2D eigenvalue weighted by molar-refractivity contribution is 5.86. The monoisotopic (exact) mass is 112 g/mol. The summed E-state index contributed by atoms with van der Waals surface area (Å²) in [5.74, 6) is 0.590. The van der Waals surface area contributed by atoms with Crippen LogP contribution in [0.3, 0.4) is 0 Å². The second-order valence-corrected chi connectivity index (χ2v) is 1.60. The van der Waals surface area contributed by atoms with E-state index in [1.54, 1.807) is 12.1 Å². The summed E-state index contributed by atoms with van der Waals surface area (Å²) in [6.07, 6.45) is 2.91. The molecule has 0 aromatic carbocycles. The van der Waals surface area contributed by atoms with Crippen LogP contribution < -0.4 is 0 Å². The van der Waals surface area contributed by atoms with Crippen LogP contribution >= 0.6 is 0 Å². The van der Waals surface area contributed by atoms with E-state index in [1.807, 2.05) is 7.05 Å². The number of hydrazone groups is 1. The van der Waals surface area contributed by atoms with Crippen LogP contribution in [0.2, 0.25) is 0 Å². The van der Waals surface area contributed by atoms with Gasteiger partial charge in [-0.15, -0.1) is 5.10 Å². The molecule has 3 nitrogen and oxygen atoms in total. The van der Waals surface area contributed by atoms with Crippen LogP contribution in [-0.4, -0.2) is 31.6 Å². The van der Waals surface area contributed by atoms with Crippen molar-refractivity contribution in [3.63, 3.8) is 0 Å². The maximum atomic E-state index is 4.78. The van der Waals surface area contributed by atoms with Gasteiger partial charge in [-0.25, -0.2) is 0 Å². The van der Waals surface area contributed by atoms with Gasteiger partial charge in [0.1, 0.15) is 6.42 Å². The van der Waals surface area contributed by atoms with E-state index in [1.165, 1.54) is 0 Å². The number of rotatable bonds is 0. The molecular formula is C5H8N2O. The van der Waals surface area contributed by atoms with Crippen molar-refractivity contribution in [1.29, 1.82) is 0 Å². The number of hydrogen-bond donors (Lipinski definition) is 0. The maximum absolute atomic E-state index is 4.78. The Labute approximate surface area is 48.9 Å².